The Morgan fingerprint density at radius 1 is 1.43 bits per heavy atom. The van der Waals surface area contributed by atoms with Crippen molar-refractivity contribution in [1.29, 1.82) is 0 Å². The third-order valence-corrected chi connectivity index (χ3v) is 4.11. The van der Waals surface area contributed by atoms with Crippen molar-refractivity contribution in [3.05, 3.63) is 17.0 Å². The number of halogens is 3. The standard InChI is InChI=1S/C15H22F3N3O2/c1-10-13(11(2)23-20-10)6-14(22)19-7-12-4-3-5-21(8-12)9-15(16,17)18/h12H,3-9H2,1-2H3,(H,19,22). The van der Waals surface area contributed by atoms with Crippen LogP contribution in [0.2, 0.25) is 0 Å². The van der Waals surface area contributed by atoms with Crippen molar-refractivity contribution in [2.45, 2.75) is 39.3 Å². The topological polar surface area (TPSA) is 58.4 Å². The molecule has 1 aliphatic heterocycles. The highest BCUT2D eigenvalue weighted by Gasteiger charge is 2.33. The molecule has 1 aromatic heterocycles. The summed E-state index contributed by atoms with van der Waals surface area (Å²) in [4.78, 5) is 13.4. The minimum absolute atomic E-state index is 0.0553. The molecule has 0 aliphatic carbocycles. The minimum atomic E-state index is -4.17. The van der Waals surface area contributed by atoms with E-state index < -0.39 is 12.7 Å². The van der Waals surface area contributed by atoms with E-state index in [1.54, 1.807) is 13.8 Å². The van der Waals surface area contributed by atoms with Crippen molar-refractivity contribution in [2.24, 2.45) is 5.92 Å². The van der Waals surface area contributed by atoms with E-state index in [2.05, 4.69) is 10.5 Å². The Morgan fingerprint density at radius 3 is 2.78 bits per heavy atom. The van der Waals surface area contributed by atoms with Gasteiger partial charge in [-0.3, -0.25) is 9.69 Å². The summed E-state index contributed by atoms with van der Waals surface area (Å²) in [5, 5.41) is 6.61. The molecule has 1 aromatic rings. The molecule has 1 atom stereocenters. The summed E-state index contributed by atoms with van der Waals surface area (Å²) in [6.45, 7) is 3.87. The Morgan fingerprint density at radius 2 is 2.17 bits per heavy atom. The van der Waals surface area contributed by atoms with Crippen molar-refractivity contribution in [2.75, 3.05) is 26.2 Å². The fraction of sp³-hybridized carbons (Fsp3) is 0.733. The highest BCUT2D eigenvalue weighted by Crippen LogP contribution is 2.22. The minimum Gasteiger partial charge on any atom is -0.361 e. The van der Waals surface area contributed by atoms with Crippen LogP contribution in [0.5, 0.6) is 0 Å². The van der Waals surface area contributed by atoms with Crippen molar-refractivity contribution < 1.29 is 22.5 Å². The summed E-state index contributed by atoms with van der Waals surface area (Å²) < 4.78 is 42.3. The number of rotatable bonds is 5. The van der Waals surface area contributed by atoms with Crippen LogP contribution in [-0.2, 0) is 11.2 Å². The van der Waals surface area contributed by atoms with E-state index in [4.69, 9.17) is 4.52 Å². The Labute approximate surface area is 133 Å². The summed E-state index contributed by atoms with van der Waals surface area (Å²) in [6, 6.07) is 0. The fourth-order valence-corrected chi connectivity index (χ4v) is 2.95. The molecule has 1 fully saturated rings. The van der Waals surface area contributed by atoms with Gasteiger partial charge in [-0.05, 0) is 39.2 Å². The maximum atomic E-state index is 12.4. The van der Waals surface area contributed by atoms with E-state index in [0.717, 1.165) is 18.4 Å². The zero-order valence-electron chi connectivity index (χ0n) is 13.4. The van der Waals surface area contributed by atoms with Gasteiger partial charge >= 0.3 is 6.18 Å². The van der Waals surface area contributed by atoms with Crippen LogP contribution in [0.4, 0.5) is 13.2 Å². The normalized spacial score (nSPS) is 19.8. The molecule has 1 aliphatic rings. The third-order valence-electron chi connectivity index (χ3n) is 4.11. The van der Waals surface area contributed by atoms with Gasteiger partial charge in [0.05, 0.1) is 18.7 Å². The maximum Gasteiger partial charge on any atom is 0.401 e. The number of carbonyl (C=O) groups is 1. The number of aromatic nitrogens is 1. The lowest BCUT2D eigenvalue weighted by molar-refractivity contribution is -0.149. The summed E-state index contributed by atoms with van der Waals surface area (Å²) in [7, 11) is 0. The SMILES string of the molecule is Cc1noc(C)c1CC(=O)NCC1CCCN(CC(F)(F)F)C1. The molecule has 1 amide bonds. The number of nitrogens with zero attached hydrogens (tertiary/aromatic N) is 2. The number of aryl methyl sites for hydroxylation is 2. The van der Waals surface area contributed by atoms with Crippen LogP contribution in [0.3, 0.4) is 0 Å². The van der Waals surface area contributed by atoms with Gasteiger partial charge in [-0.25, -0.2) is 0 Å². The molecule has 1 N–H and O–H groups in total. The third kappa shape index (κ3) is 5.53. The number of likely N-dealkylation sites (tertiary alicyclic amines) is 1. The lowest BCUT2D eigenvalue weighted by atomic mass is 9.98. The van der Waals surface area contributed by atoms with E-state index in [9.17, 15) is 18.0 Å². The summed E-state index contributed by atoms with van der Waals surface area (Å²) in [6.07, 6.45) is -2.44. The van der Waals surface area contributed by atoms with Gasteiger partial charge in [0.15, 0.2) is 0 Å². The molecule has 0 spiro atoms. The van der Waals surface area contributed by atoms with Gasteiger partial charge in [0.2, 0.25) is 5.91 Å². The number of nitrogens with one attached hydrogen (secondary N) is 1. The molecular formula is C15H22F3N3O2. The monoisotopic (exact) mass is 333 g/mol. The van der Waals surface area contributed by atoms with Gasteiger partial charge in [-0.15, -0.1) is 0 Å². The number of piperidine rings is 1. The van der Waals surface area contributed by atoms with Crippen molar-refractivity contribution in [3.63, 3.8) is 0 Å². The lowest BCUT2D eigenvalue weighted by Crippen LogP contribution is -2.44. The van der Waals surface area contributed by atoms with Crippen LogP contribution in [0.15, 0.2) is 4.52 Å². The molecule has 23 heavy (non-hydrogen) atoms. The van der Waals surface area contributed by atoms with Gasteiger partial charge in [-0.2, -0.15) is 13.2 Å². The van der Waals surface area contributed by atoms with Crippen LogP contribution in [0.25, 0.3) is 0 Å². The number of amides is 1. The molecule has 0 bridgehead atoms. The Bertz CT molecular complexity index is 523. The first-order valence-electron chi connectivity index (χ1n) is 7.72. The predicted octanol–water partition coefficient (Wildman–Crippen LogP) is 2.22. The first kappa shape index (κ1) is 17.8. The second-order valence-electron chi connectivity index (χ2n) is 6.14. The first-order valence-corrected chi connectivity index (χ1v) is 7.72. The largest absolute Gasteiger partial charge is 0.401 e. The molecule has 2 rings (SSSR count). The number of carbonyl (C=O) groups excluding carboxylic acids is 1. The van der Waals surface area contributed by atoms with Gasteiger partial charge in [0, 0.05) is 18.7 Å². The molecule has 130 valence electrons. The fourth-order valence-electron chi connectivity index (χ4n) is 2.95. The lowest BCUT2D eigenvalue weighted by Gasteiger charge is -2.33. The molecule has 1 unspecified atom stereocenters. The highest BCUT2D eigenvalue weighted by molar-refractivity contribution is 5.78. The van der Waals surface area contributed by atoms with Gasteiger partial charge < -0.3 is 9.84 Å². The molecule has 0 saturated carbocycles. The van der Waals surface area contributed by atoms with Gasteiger partial charge in [0.25, 0.3) is 0 Å². The molecule has 5 nitrogen and oxygen atoms in total. The molecule has 1 saturated heterocycles. The highest BCUT2D eigenvalue weighted by atomic mass is 19.4. The Balaban J connectivity index is 1.78. The summed E-state index contributed by atoms with van der Waals surface area (Å²) in [5.41, 5.74) is 1.46. The van der Waals surface area contributed by atoms with Crippen LogP contribution >= 0.6 is 0 Å². The van der Waals surface area contributed by atoms with Crippen LogP contribution in [0.1, 0.15) is 29.9 Å². The van der Waals surface area contributed by atoms with E-state index in [1.807, 2.05) is 0 Å². The summed E-state index contributed by atoms with van der Waals surface area (Å²) >= 11 is 0. The first-order chi connectivity index (χ1) is 10.7. The molecule has 2 heterocycles. The molecule has 0 aromatic carbocycles. The number of alkyl halides is 3. The predicted molar refractivity (Wildman–Crippen MR) is 77.9 cm³/mol. The van der Waals surface area contributed by atoms with Gasteiger partial charge in [-0.1, -0.05) is 5.16 Å². The quantitative estimate of drug-likeness (QED) is 0.898. The van der Waals surface area contributed by atoms with E-state index in [0.29, 0.717) is 31.1 Å². The van der Waals surface area contributed by atoms with Gasteiger partial charge in [0.1, 0.15) is 5.76 Å². The van der Waals surface area contributed by atoms with E-state index in [-0.39, 0.29) is 18.2 Å². The average molecular weight is 333 g/mol. The van der Waals surface area contributed by atoms with Crippen LogP contribution < -0.4 is 5.32 Å². The number of hydrogen-bond acceptors (Lipinski definition) is 4. The van der Waals surface area contributed by atoms with E-state index in [1.165, 1.54) is 4.90 Å². The van der Waals surface area contributed by atoms with Crippen molar-refractivity contribution in [1.82, 2.24) is 15.4 Å². The van der Waals surface area contributed by atoms with Crippen LogP contribution in [0, 0.1) is 19.8 Å². The summed E-state index contributed by atoms with van der Waals surface area (Å²) in [5.74, 6) is 0.513. The molecular weight excluding hydrogens is 311 g/mol. The van der Waals surface area contributed by atoms with Crippen LogP contribution in [-0.4, -0.2) is 48.3 Å². The molecule has 0 radical (unpaired) electrons. The molecule has 8 heteroatoms. The maximum absolute atomic E-state index is 12.4. The number of hydrogen-bond donors (Lipinski definition) is 1. The second kappa shape index (κ2) is 7.33. The zero-order chi connectivity index (χ0) is 17.0. The zero-order valence-corrected chi connectivity index (χ0v) is 13.4. The average Bonchev–Trinajstić information content (AvgIpc) is 2.76. The Hall–Kier alpha value is -1.57. The second-order valence-corrected chi connectivity index (χ2v) is 6.14. The van der Waals surface area contributed by atoms with Crippen molar-refractivity contribution >= 4 is 5.91 Å². The Kier molecular flexibility index (Phi) is 5.67. The smallest absolute Gasteiger partial charge is 0.361 e. The van der Waals surface area contributed by atoms with E-state index >= 15 is 0 Å². The van der Waals surface area contributed by atoms with Crippen molar-refractivity contribution in [3.8, 4) is 0 Å².